The van der Waals surface area contributed by atoms with Crippen molar-refractivity contribution >= 4 is 35.0 Å². The normalized spacial score (nSPS) is 10.8. The van der Waals surface area contributed by atoms with Gasteiger partial charge in [-0.3, -0.25) is 14.9 Å². The second kappa shape index (κ2) is 11.6. The van der Waals surface area contributed by atoms with Crippen molar-refractivity contribution < 1.29 is 14.5 Å². The molecule has 0 atom stereocenters. The van der Waals surface area contributed by atoms with E-state index in [2.05, 4.69) is 11.9 Å². The molecule has 0 aromatic heterocycles. The smallest absolute Gasteiger partial charge is 0.269 e. The van der Waals surface area contributed by atoms with Gasteiger partial charge in [0.1, 0.15) is 24.0 Å². The molecule has 7 nitrogen and oxygen atoms in total. The summed E-state index contributed by atoms with van der Waals surface area (Å²) in [6.45, 7) is 5.85. The molecule has 8 heteroatoms. The highest BCUT2D eigenvalue weighted by Crippen LogP contribution is 2.25. The van der Waals surface area contributed by atoms with Crippen molar-refractivity contribution in [3.8, 4) is 11.8 Å². The zero-order valence-electron chi connectivity index (χ0n) is 19.0. The number of hydrogen-bond donors (Lipinski definition) is 1. The van der Waals surface area contributed by atoms with E-state index in [1.165, 1.54) is 18.2 Å². The van der Waals surface area contributed by atoms with Crippen molar-refractivity contribution in [3.63, 3.8) is 0 Å². The Morgan fingerprint density at radius 1 is 1.20 bits per heavy atom. The lowest BCUT2D eigenvalue weighted by atomic mass is 10.0. The number of halogens is 1. The number of non-ortho nitro benzene ring substituents is 1. The van der Waals surface area contributed by atoms with Crippen LogP contribution >= 0.6 is 11.6 Å². The molecule has 0 aliphatic rings. The van der Waals surface area contributed by atoms with E-state index in [0.29, 0.717) is 28.4 Å². The summed E-state index contributed by atoms with van der Waals surface area (Å²) in [6.07, 6.45) is 3.73. The molecule has 0 fully saturated rings. The molecule has 0 spiro atoms. The minimum absolute atomic E-state index is 0.0139. The average molecular weight is 488 g/mol. The third-order valence-electron chi connectivity index (χ3n) is 5.10. The van der Waals surface area contributed by atoms with Crippen LogP contribution in [0.3, 0.4) is 0 Å². The highest BCUT2D eigenvalue weighted by Gasteiger charge is 2.12. The lowest BCUT2D eigenvalue weighted by molar-refractivity contribution is -0.384. The number of amides is 1. The molecule has 0 saturated carbocycles. The summed E-state index contributed by atoms with van der Waals surface area (Å²) in [5, 5.41) is 23.5. The first-order valence-electron chi connectivity index (χ1n) is 10.6. The number of nitriles is 1. The molecule has 0 unspecified atom stereocenters. The fraction of sp³-hybridized carbons (Fsp3) is 0.111. The summed E-state index contributed by atoms with van der Waals surface area (Å²) in [5.74, 6) is 0.0637. The number of aryl methyl sites for hydroxylation is 1. The average Bonchev–Trinajstić information content (AvgIpc) is 2.84. The molecule has 176 valence electrons. The largest absolute Gasteiger partial charge is 0.489 e. The number of nitro groups is 1. The number of hydrogen-bond acceptors (Lipinski definition) is 5. The van der Waals surface area contributed by atoms with Gasteiger partial charge in [-0.15, -0.1) is 6.58 Å². The van der Waals surface area contributed by atoms with Gasteiger partial charge in [0, 0.05) is 22.8 Å². The molecular weight excluding hydrogens is 466 g/mol. The highest BCUT2D eigenvalue weighted by molar-refractivity contribution is 6.31. The van der Waals surface area contributed by atoms with Crippen molar-refractivity contribution in [2.45, 2.75) is 20.0 Å². The van der Waals surface area contributed by atoms with E-state index in [9.17, 15) is 20.2 Å². The highest BCUT2D eigenvalue weighted by atomic mass is 35.5. The summed E-state index contributed by atoms with van der Waals surface area (Å²) in [5.41, 5.74) is 3.58. The van der Waals surface area contributed by atoms with Crippen LogP contribution in [0.1, 0.15) is 22.3 Å². The third-order valence-corrected chi connectivity index (χ3v) is 5.50. The Kier molecular flexibility index (Phi) is 8.38. The van der Waals surface area contributed by atoms with Crippen LogP contribution in [-0.4, -0.2) is 10.8 Å². The van der Waals surface area contributed by atoms with Crippen molar-refractivity contribution in [2.75, 3.05) is 5.32 Å². The monoisotopic (exact) mass is 487 g/mol. The Balaban J connectivity index is 1.77. The van der Waals surface area contributed by atoms with Gasteiger partial charge in [-0.05, 0) is 78.1 Å². The third kappa shape index (κ3) is 6.79. The fourth-order valence-corrected chi connectivity index (χ4v) is 3.38. The molecule has 1 amide bonds. The molecule has 0 bridgehead atoms. The van der Waals surface area contributed by atoms with Crippen LogP contribution in [0.15, 0.2) is 78.9 Å². The van der Waals surface area contributed by atoms with E-state index in [0.717, 1.165) is 16.7 Å². The molecule has 1 N–H and O–H groups in total. The van der Waals surface area contributed by atoms with Crippen LogP contribution in [0.25, 0.3) is 6.08 Å². The van der Waals surface area contributed by atoms with Crippen molar-refractivity contribution in [2.24, 2.45) is 0 Å². The van der Waals surface area contributed by atoms with Gasteiger partial charge in [-0.2, -0.15) is 5.26 Å². The van der Waals surface area contributed by atoms with E-state index >= 15 is 0 Å². The van der Waals surface area contributed by atoms with E-state index in [1.54, 1.807) is 48.5 Å². The SMILES string of the molecule is C=CCc1cc(/C=C(/C#N)C(=O)Nc2ccc(C)c(Cl)c2)ccc1OCc1ccc([N+](=O)[O-])cc1. The van der Waals surface area contributed by atoms with Gasteiger partial charge in [0.15, 0.2) is 0 Å². The summed E-state index contributed by atoms with van der Waals surface area (Å²) in [6, 6.07) is 18.5. The number of rotatable bonds is 9. The molecule has 3 aromatic carbocycles. The topological polar surface area (TPSA) is 105 Å². The Bertz CT molecular complexity index is 1340. The molecular formula is C27H22ClN3O4. The van der Waals surface area contributed by atoms with Crippen LogP contribution in [-0.2, 0) is 17.8 Å². The minimum atomic E-state index is -0.545. The fourth-order valence-electron chi connectivity index (χ4n) is 3.20. The quantitative estimate of drug-likeness (QED) is 0.123. The van der Waals surface area contributed by atoms with Gasteiger partial charge in [0.05, 0.1) is 4.92 Å². The molecule has 3 rings (SSSR count). The van der Waals surface area contributed by atoms with Crippen molar-refractivity contribution in [1.29, 1.82) is 5.26 Å². The zero-order valence-corrected chi connectivity index (χ0v) is 19.7. The van der Waals surface area contributed by atoms with Gasteiger partial charge in [0.2, 0.25) is 0 Å². The van der Waals surface area contributed by atoms with Crippen LogP contribution in [0, 0.1) is 28.4 Å². The number of allylic oxidation sites excluding steroid dienone is 1. The summed E-state index contributed by atoms with van der Waals surface area (Å²) in [4.78, 5) is 23.0. The van der Waals surface area contributed by atoms with E-state index in [-0.39, 0.29) is 17.9 Å². The van der Waals surface area contributed by atoms with E-state index in [4.69, 9.17) is 16.3 Å². The summed E-state index contributed by atoms with van der Waals surface area (Å²) in [7, 11) is 0. The lowest BCUT2D eigenvalue weighted by Crippen LogP contribution is -2.13. The van der Waals surface area contributed by atoms with Crippen LogP contribution in [0.5, 0.6) is 5.75 Å². The maximum Gasteiger partial charge on any atom is 0.269 e. The van der Waals surface area contributed by atoms with Crippen LogP contribution < -0.4 is 10.1 Å². The Hall–Kier alpha value is -4.41. The number of ether oxygens (including phenoxy) is 1. The number of nitrogens with zero attached hydrogens (tertiary/aromatic N) is 2. The molecule has 3 aromatic rings. The van der Waals surface area contributed by atoms with E-state index < -0.39 is 10.8 Å². The Morgan fingerprint density at radius 2 is 1.94 bits per heavy atom. The molecule has 0 heterocycles. The molecule has 0 saturated heterocycles. The molecule has 35 heavy (non-hydrogen) atoms. The zero-order chi connectivity index (χ0) is 25.4. The Morgan fingerprint density at radius 3 is 2.57 bits per heavy atom. The molecule has 0 aliphatic carbocycles. The first kappa shape index (κ1) is 25.2. The van der Waals surface area contributed by atoms with Gasteiger partial charge >= 0.3 is 0 Å². The standard InChI is InChI=1S/C27H22ClN3O4/c1-3-4-21-13-20(8-12-26(21)35-17-19-6-10-24(11-7-19)31(33)34)14-22(16-29)27(32)30-23-9-5-18(2)25(28)15-23/h3,5-15H,1,4,17H2,2H3,(H,30,32)/b22-14-. The van der Waals surface area contributed by atoms with Crippen molar-refractivity contribution in [1.82, 2.24) is 0 Å². The molecule has 0 radical (unpaired) electrons. The molecule has 0 aliphatic heterocycles. The van der Waals surface area contributed by atoms with Crippen molar-refractivity contribution in [3.05, 3.63) is 116 Å². The predicted molar refractivity (Wildman–Crippen MR) is 136 cm³/mol. The summed E-state index contributed by atoms with van der Waals surface area (Å²) < 4.78 is 5.91. The number of nitrogens with one attached hydrogen (secondary N) is 1. The number of nitro benzene ring substituents is 1. The van der Waals surface area contributed by atoms with Gasteiger partial charge in [0.25, 0.3) is 11.6 Å². The van der Waals surface area contributed by atoms with Gasteiger partial charge in [-0.25, -0.2) is 0 Å². The van der Waals surface area contributed by atoms with Gasteiger partial charge in [-0.1, -0.05) is 29.8 Å². The number of anilines is 1. The maximum absolute atomic E-state index is 12.6. The second-order valence-electron chi connectivity index (χ2n) is 7.66. The first-order chi connectivity index (χ1) is 16.8. The number of carbonyl (C=O) groups is 1. The van der Waals surface area contributed by atoms with E-state index in [1.807, 2.05) is 19.1 Å². The first-order valence-corrected chi connectivity index (χ1v) is 11.0. The number of carbonyl (C=O) groups excluding carboxylic acids is 1. The maximum atomic E-state index is 12.6. The van der Waals surface area contributed by atoms with Gasteiger partial charge < -0.3 is 10.1 Å². The van der Waals surface area contributed by atoms with Crippen LogP contribution in [0.4, 0.5) is 11.4 Å². The predicted octanol–water partition coefficient (Wildman–Crippen LogP) is 6.41. The number of benzene rings is 3. The van der Waals surface area contributed by atoms with Crippen LogP contribution in [0.2, 0.25) is 5.02 Å². The Labute approximate surface area is 208 Å². The second-order valence-corrected chi connectivity index (χ2v) is 8.07. The lowest BCUT2D eigenvalue weighted by Gasteiger charge is -2.12. The minimum Gasteiger partial charge on any atom is -0.489 e. The summed E-state index contributed by atoms with van der Waals surface area (Å²) >= 11 is 6.11.